The van der Waals surface area contributed by atoms with E-state index in [0.29, 0.717) is 36.1 Å². The van der Waals surface area contributed by atoms with Crippen LogP contribution < -0.4 is 10.1 Å². The molecule has 1 N–H and O–H groups in total. The van der Waals surface area contributed by atoms with Crippen LogP contribution in [0.25, 0.3) is 6.08 Å². The predicted octanol–water partition coefficient (Wildman–Crippen LogP) is 5.04. The normalized spacial score (nSPS) is 10.9. The second-order valence-electron chi connectivity index (χ2n) is 6.51. The van der Waals surface area contributed by atoms with Crippen LogP contribution in [0.3, 0.4) is 0 Å². The molecule has 1 amide bonds. The molecule has 0 saturated heterocycles. The van der Waals surface area contributed by atoms with Crippen LogP contribution in [-0.4, -0.2) is 25.1 Å². The van der Waals surface area contributed by atoms with Gasteiger partial charge in [0.25, 0.3) is 0 Å². The Bertz CT molecular complexity index is 838. The molecule has 5 heteroatoms. The van der Waals surface area contributed by atoms with Crippen LogP contribution in [0.5, 0.6) is 5.75 Å². The Morgan fingerprint density at radius 3 is 2.36 bits per heavy atom. The molecule has 0 spiro atoms. The molecule has 2 aromatic carbocycles. The number of anilines is 1. The molecule has 0 atom stereocenters. The summed E-state index contributed by atoms with van der Waals surface area (Å²) in [5.74, 6) is 0.191. The van der Waals surface area contributed by atoms with E-state index in [2.05, 4.69) is 31.3 Å². The van der Waals surface area contributed by atoms with Crippen molar-refractivity contribution in [3.05, 3.63) is 65.2 Å². The van der Waals surface area contributed by atoms with E-state index < -0.39 is 5.97 Å². The number of amides is 1. The van der Waals surface area contributed by atoms with Gasteiger partial charge in [-0.3, -0.25) is 4.79 Å². The van der Waals surface area contributed by atoms with Gasteiger partial charge in [0, 0.05) is 6.08 Å². The maximum atomic E-state index is 12.3. The van der Waals surface area contributed by atoms with E-state index in [4.69, 9.17) is 9.47 Å². The largest absolute Gasteiger partial charge is 0.492 e. The number of hydrogen-bond donors (Lipinski definition) is 1. The lowest BCUT2D eigenvalue weighted by Gasteiger charge is -2.12. The van der Waals surface area contributed by atoms with Gasteiger partial charge < -0.3 is 14.8 Å². The summed E-state index contributed by atoms with van der Waals surface area (Å²) in [7, 11) is 0. The lowest BCUT2D eigenvalue weighted by molar-refractivity contribution is -0.111. The lowest BCUT2D eigenvalue weighted by Crippen LogP contribution is -2.11. The fourth-order valence-corrected chi connectivity index (χ4v) is 2.58. The molecule has 0 aromatic heterocycles. The van der Waals surface area contributed by atoms with Crippen LogP contribution in [0, 0.1) is 0 Å². The zero-order chi connectivity index (χ0) is 20.5. The third kappa shape index (κ3) is 5.98. The van der Waals surface area contributed by atoms with Crippen LogP contribution in [-0.2, 0) is 9.53 Å². The highest BCUT2D eigenvalue weighted by Gasteiger charge is 2.12. The number of esters is 1. The number of hydrogen-bond acceptors (Lipinski definition) is 4. The van der Waals surface area contributed by atoms with Gasteiger partial charge in [-0.1, -0.05) is 38.1 Å². The number of nitrogens with one attached hydrogen (secondary N) is 1. The number of carbonyl (C=O) groups excluding carboxylic acids is 2. The molecule has 0 radical (unpaired) electrons. The average molecular weight is 381 g/mol. The van der Waals surface area contributed by atoms with E-state index in [1.54, 1.807) is 31.2 Å². The van der Waals surface area contributed by atoms with Crippen molar-refractivity contribution < 1.29 is 19.1 Å². The first-order valence-electron chi connectivity index (χ1n) is 9.47. The van der Waals surface area contributed by atoms with Crippen LogP contribution in [0.4, 0.5) is 5.69 Å². The third-order valence-electron chi connectivity index (χ3n) is 4.08. The molecule has 0 fully saturated rings. The molecule has 2 aromatic rings. The molecule has 0 unspecified atom stereocenters. The van der Waals surface area contributed by atoms with Crippen molar-refractivity contribution >= 4 is 23.6 Å². The van der Waals surface area contributed by atoms with E-state index >= 15 is 0 Å². The summed E-state index contributed by atoms with van der Waals surface area (Å²) in [6.45, 7) is 8.57. The fourth-order valence-electron chi connectivity index (χ4n) is 2.58. The summed E-state index contributed by atoms with van der Waals surface area (Å²) in [4.78, 5) is 24.2. The molecule has 2 rings (SSSR count). The van der Waals surface area contributed by atoms with Gasteiger partial charge in [-0.2, -0.15) is 0 Å². The Morgan fingerprint density at radius 1 is 1.04 bits per heavy atom. The Hall–Kier alpha value is -3.08. The average Bonchev–Trinajstić information content (AvgIpc) is 2.68. The molecule has 5 nitrogen and oxygen atoms in total. The Kier molecular flexibility index (Phi) is 7.81. The van der Waals surface area contributed by atoms with Gasteiger partial charge in [-0.25, -0.2) is 4.79 Å². The van der Waals surface area contributed by atoms with Crippen molar-refractivity contribution in [2.24, 2.45) is 0 Å². The van der Waals surface area contributed by atoms with Crippen molar-refractivity contribution in [2.75, 3.05) is 18.5 Å². The summed E-state index contributed by atoms with van der Waals surface area (Å²) in [5, 5.41) is 2.79. The predicted molar refractivity (Wildman–Crippen MR) is 112 cm³/mol. The van der Waals surface area contributed by atoms with Gasteiger partial charge in [-0.15, -0.1) is 0 Å². The van der Waals surface area contributed by atoms with Crippen LogP contribution in [0.15, 0.2) is 48.5 Å². The minimum absolute atomic E-state index is 0.280. The summed E-state index contributed by atoms with van der Waals surface area (Å²) < 4.78 is 10.6. The molecule has 28 heavy (non-hydrogen) atoms. The molecular formula is C23H27NO4. The van der Waals surface area contributed by atoms with Gasteiger partial charge in [0.1, 0.15) is 5.75 Å². The topological polar surface area (TPSA) is 64.6 Å². The van der Waals surface area contributed by atoms with E-state index in [-0.39, 0.29) is 5.91 Å². The number of carbonyl (C=O) groups is 2. The summed E-state index contributed by atoms with van der Waals surface area (Å²) in [6, 6.07) is 12.9. The van der Waals surface area contributed by atoms with Crippen LogP contribution in [0.2, 0.25) is 0 Å². The molecule has 0 bridgehead atoms. The smallest absolute Gasteiger partial charge is 0.338 e. The quantitative estimate of drug-likeness (QED) is 0.514. The standard InChI is InChI=1S/C23H27NO4/c1-5-27-21-15-19(23(26)28-6-2)12-13-20(21)24-22(25)14-9-17-7-10-18(11-8-17)16(3)4/h7-16H,5-6H2,1-4H3,(H,24,25)/b14-9+. The number of rotatable bonds is 8. The molecule has 0 aliphatic heterocycles. The van der Waals surface area contributed by atoms with Gasteiger partial charge in [0.15, 0.2) is 0 Å². The molecule has 0 aliphatic carbocycles. The van der Waals surface area contributed by atoms with E-state index in [1.807, 2.05) is 19.1 Å². The highest BCUT2D eigenvalue weighted by Crippen LogP contribution is 2.26. The van der Waals surface area contributed by atoms with Gasteiger partial charge in [0.2, 0.25) is 5.91 Å². The molecule has 0 saturated carbocycles. The van der Waals surface area contributed by atoms with E-state index in [1.165, 1.54) is 11.6 Å². The first-order chi connectivity index (χ1) is 13.4. The maximum absolute atomic E-state index is 12.3. The number of ether oxygens (including phenoxy) is 2. The monoisotopic (exact) mass is 381 g/mol. The van der Waals surface area contributed by atoms with Gasteiger partial charge in [0.05, 0.1) is 24.5 Å². The van der Waals surface area contributed by atoms with Gasteiger partial charge >= 0.3 is 5.97 Å². The SMILES string of the molecule is CCOC(=O)c1ccc(NC(=O)/C=C/c2ccc(C(C)C)cc2)c(OCC)c1. The molecule has 0 heterocycles. The summed E-state index contributed by atoms with van der Waals surface area (Å²) >= 11 is 0. The summed E-state index contributed by atoms with van der Waals surface area (Å²) in [5.41, 5.74) is 3.08. The van der Waals surface area contributed by atoms with Crippen molar-refractivity contribution in [1.82, 2.24) is 0 Å². The second-order valence-corrected chi connectivity index (χ2v) is 6.51. The maximum Gasteiger partial charge on any atom is 0.338 e. The highest BCUT2D eigenvalue weighted by atomic mass is 16.5. The highest BCUT2D eigenvalue weighted by molar-refractivity contribution is 6.03. The van der Waals surface area contributed by atoms with Crippen molar-refractivity contribution in [1.29, 1.82) is 0 Å². The van der Waals surface area contributed by atoms with E-state index in [9.17, 15) is 9.59 Å². The Labute approximate surface area is 166 Å². The summed E-state index contributed by atoms with van der Waals surface area (Å²) in [6.07, 6.45) is 3.23. The lowest BCUT2D eigenvalue weighted by atomic mass is 10.0. The van der Waals surface area contributed by atoms with Crippen molar-refractivity contribution in [3.63, 3.8) is 0 Å². The van der Waals surface area contributed by atoms with Crippen LogP contribution >= 0.6 is 0 Å². The van der Waals surface area contributed by atoms with Gasteiger partial charge in [-0.05, 0) is 55.2 Å². The van der Waals surface area contributed by atoms with Crippen LogP contribution in [0.1, 0.15) is 55.1 Å². The van der Waals surface area contributed by atoms with E-state index in [0.717, 1.165) is 5.56 Å². The molecule has 0 aliphatic rings. The third-order valence-corrected chi connectivity index (χ3v) is 4.08. The zero-order valence-corrected chi connectivity index (χ0v) is 16.8. The minimum Gasteiger partial charge on any atom is -0.492 e. The first kappa shape index (κ1) is 21.2. The minimum atomic E-state index is -0.425. The second kappa shape index (κ2) is 10.3. The molecule has 148 valence electrons. The zero-order valence-electron chi connectivity index (χ0n) is 16.8. The Morgan fingerprint density at radius 2 is 1.75 bits per heavy atom. The van der Waals surface area contributed by atoms with Crippen molar-refractivity contribution in [2.45, 2.75) is 33.6 Å². The van der Waals surface area contributed by atoms with Crippen molar-refractivity contribution in [3.8, 4) is 5.75 Å². The number of benzene rings is 2. The Balaban J connectivity index is 2.10. The fraction of sp³-hybridized carbons (Fsp3) is 0.304. The molecular weight excluding hydrogens is 354 g/mol. The first-order valence-corrected chi connectivity index (χ1v) is 9.47.